The van der Waals surface area contributed by atoms with Gasteiger partial charge in [0.15, 0.2) is 0 Å². The first-order valence-corrected chi connectivity index (χ1v) is 10.6. The number of carbonyl (C=O) groups excluding carboxylic acids is 1. The van der Waals surface area contributed by atoms with Crippen LogP contribution in [-0.2, 0) is 16.1 Å². The number of esters is 1. The minimum atomic E-state index is -0.146. The van der Waals surface area contributed by atoms with Gasteiger partial charge in [0.25, 0.3) is 0 Å². The van der Waals surface area contributed by atoms with Crippen LogP contribution in [0.2, 0.25) is 0 Å². The van der Waals surface area contributed by atoms with E-state index >= 15 is 0 Å². The average Bonchev–Trinajstić information content (AvgIpc) is 3.10. The molecule has 0 atom stereocenters. The van der Waals surface area contributed by atoms with Crippen molar-refractivity contribution >= 4 is 5.97 Å². The molecule has 30 heavy (non-hydrogen) atoms. The summed E-state index contributed by atoms with van der Waals surface area (Å²) in [6.45, 7) is 2.73. The summed E-state index contributed by atoms with van der Waals surface area (Å²) in [5.41, 5.74) is 3.97. The summed E-state index contributed by atoms with van der Waals surface area (Å²) in [4.78, 5) is 24.3. The first-order valence-electron chi connectivity index (χ1n) is 10.6. The molecule has 0 aliphatic heterocycles. The third-order valence-electron chi connectivity index (χ3n) is 5.33. The largest absolute Gasteiger partial charge is 0.469 e. The molecule has 5 heteroatoms. The Hall–Kier alpha value is -3.08. The molecule has 3 rings (SSSR count). The molecule has 0 saturated carbocycles. The fourth-order valence-corrected chi connectivity index (χ4v) is 3.59. The van der Waals surface area contributed by atoms with Gasteiger partial charge in [-0.05, 0) is 31.9 Å². The van der Waals surface area contributed by atoms with Gasteiger partial charge in [-0.2, -0.15) is 0 Å². The van der Waals surface area contributed by atoms with E-state index in [1.807, 2.05) is 72.3 Å². The van der Waals surface area contributed by atoms with E-state index < -0.39 is 0 Å². The summed E-state index contributed by atoms with van der Waals surface area (Å²) >= 11 is 0. The summed E-state index contributed by atoms with van der Waals surface area (Å²) in [5.74, 6) is -0.146. The van der Waals surface area contributed by atoms with Crippen LogP contribution in [0.5, 0.6) is 0 Å². The molecule has 1 heterocycles. The molecular formula is C25H30N2O3. The lowest BCUT2D eigenvalue weighted by Crippen LogP contribution is -2.23. The molecule has 5 nitrogen and oxygen atoms in total. The van der Waals surface area contributed by atoms with E-state index in [0.717, 1.165) is 49.0 Å². The summed E-state index contributed by atoms with van der Waals surface area (Å²) in [6.07, 6.45) is 7.33. The number of nitrogens with zero attached hydrogens (tertiary/aromatic N) is 2. The van der Waals surface area contributed by atoms with Crippen molar-refractivity contribution in [2.75, 3.05) is 7.11 Å². The maximum Gasteiger partial charge on any atom is 0.333 e. The minimum Gasteiger partial charge on any atom is -0.469 e. The van der Waals surface area contributed by atoms with Crippen molar-refractivity contribution in [2.45, 2.75) is 52.0 Å². The maximum absolute atomic E-state index is 13.2. The van der Waals surface area contributed by atoms with E-state index in [1.165, 1.54) is 12.7 Å². The van der Waals surface area contributed by atoms with Gasteiger partial charge in [-0.1, -0.05) is 67.3 Å². The van der Waals surface area contributed by atoms with E-state index in [4.69, 9.17) is 0 Å². The van der Waals surface area contributed by atoms with Crippen LogP contribution in [0.1, 0.15) is 44.1 Å². The first kappa shape index (κ1) is 21.6. The van der Waals surface area contributed by atoms with Crippen molar-refractivity contribution in [3.8, 4) is 16.9 Å². The SMILES string of the molecule is COC(=O)CCCCCCCn1cc(-c2ccccc2)n(-c2ccc(C)cc2)c1=O. The van der Waals surface area contributed by atoms with E-state index in [-0.39, 0.29) is 11.7 Å². The Morgan fingerprint density at radius 1 is 0.900 bits per heavy atom. The van der Waals surface area contributed by atoms with Gasteiger partial charge >= 0.3 is 11.7 Å². The molecule has 3 aromatic rings. The van der Waals surface area contributed by atoms with E-state index in [9.17, 15) is 9.59 Å². The summed E-state index contributed by atoms with van der Waals surface area (Å²) in [5, 5.41) is 0. The summed E-state index contributed by atoms with van der Waals surface area (Å²) in [6, 6.07) is 18.1. The molecule has 0 N–H and O–H groups in total. The van der Waals surface area contributed by atoms with Crippen LogP contribution >= 0.6 is 0 Å². The van der Waals surface area contributed by atoms with E-state index in [0.29, 0.717) is 13.0 Å². The standard InChI is InChI=1S/C25H30N2O3/c1-20-14-16-22(17-15-20)27-23(21-11-7-6-8-12-21)19-26(25(27)29)18-10-5-3-4-9-13-24(28)30-2/h6-8,11-12,14-17,19H,3-5,9-10,13,18H2,1-2H3. The Balaban J connectivity index is 1.71. The molecule has 0 unspecified atom stereocenters. The monoisotopic (exact) mass is 406 g/mol. The van der Waals surface area contributed by atoms with Gasteiger partial charge in [-0.3, -0.25) is 13.9 Å². The number of hydrogen-bond acceptors (Lipinski definition) is 3. The van der Waals surface area contributed by atoms with Gasteiger partial charge in [0.2, 0.25) is 0 Å². The molecule has 0 fully saturated rings. The average molecular weight is 407 g/mol. The fraction of sp³-hybridized carbons (Fsp3) is 0.360. The predicted molar refractivity (Wildman–Crippen MR) is 120 cm³/mol. The maximum atomic E-state index is 13.2. The van der Waals surface area contributed by atoms with E-state index in [2.05, 4.69) is 4.74 Å². The van der Waals surface area contributed by atoms with Gasteiger partial charge in [0.1, 0.15) is 0 Å². The lowest BCUT2D eigenvalue weighted by molar-refractivity contribution is -0.140. The van der Waals surface area contributed by atoms with Gasteiger partial charge in [-0.25, -0.2) is 4.79 Å². The van der Waals surface area contributed by atoms with Crippen molar-refractivity contribution < 1.29 is 9.53 Å². The highest BCUT2D eigenvalue weighted by atomic mass is 16.5. The molecule has 0 radical (unpaired) electrons. The predicted octanol–water partition coefficient (Wildman–Crippen LogP) is 5.13. The lowest BCUT2D eigenvalue weighted by atomic mass is 10.1. The van der Waals surface area contributed by atoms with Gasteiger partial charge < -0.3 is 4.74 Å². The highest BCUT2D eigenvalue weighted by molar-refractivity contribution is 5.69. The quantitative estimate of drug-likeness (QED) is 0.346. The van der Waals surface area contributed by atoms with Gasteiger partial charge in [0.05, 0.1) is 18.5 Å². The van der Waals surface area contributed by atoms with Crippen LogP contribution in [0.4, 0.5) is 0 Å². The second-order valence-electron chi connectivity index (χ2n) is 7.62. The van der Waals surface area contributed by atoms with Gasteiger partial charge in [0, 0.05) is 24.7 Å². The van der Waals surface area contributed by atoms with Crippen LogP contribution < -0.4 is 5.69 Å². The molecule has 0 spiro atoms. The Kier molecular flexibility index (Phi) is 7.66. The number of unbranched alkanes of at least 4 members (excludes halogenated alkanes) is 4. The van der Waals surface area contributed by atoms with Crippen LogP contribution in [-0.4, -0.2) is 22.2 Å². The zero-order valence-corrected chi connectivity index (χ0v) is 17.8. The fourth-order valence-electron chi connectivity index (χ4n) is 3.59. The molecule has 158 valence electrons. The summed E-state index contributed by atoms with van der Waals surface area (Å²) in [7, 11) is 1.42. The number of hydrogen-bond donors (Lipinski definition) is 0. The molecular weight excluding hydrogens is 376 g/mol. The number of rotatable bonds is 10. The smallest absolute Gasteiger partial charge is 0.333 e. The third kappa shape index (κ3) is 5.50. The van der Waals surface area contributed by atoms with Crippen LogP contribution in [0, 0.1) is 6.92 Å². The van der Waals surface area contributed by atoms with Crippen molar-refractivity contribution in [3.63, 3.8) is 0 Å². The number of ether oxygens (including phenoxy) is 1. The van der Waals surface area contributed by atoms with Gasteiger partial charge in [-0.15, -0.1) is 0 Å². The normalized spacial score (nSPS) is 10.9. The minimum absolute atomic E-state index is 0.0107. The van der Waals surface area contributed by atoms with Crippen LogP contribution in [0.15, 0.2) is 65.6 Å². The molecule has 0 saturated heterocycles. The zero-order chi connectivity index (χ0) is 21.3. The van der Waals surface area contributed by atoms with E-state index in [1.54, 1.807) is 4.57 Å². The Bertz CT molecular complexity index is 1000. The van der Waals surface area contributed by atoms with Crippen molar-refractivity contribution in [3.05, 3.63) is 76.8 Å². The number of aromatic nitrogens is 2. The third-order valence-corrected chi connectivity index (χ3v) is 5.33. The van der Waals surface area contributed by atoms with Crippen molar-refractivity contribution in [2.24, 2.45) is 0 Å². The molecule has 0 amide bonds. The first-order chi connectivity index (χ1) is 14.6. The van der Waals surface area contributed by atoms with Crippen molar-refractivity contribution in [1.82, 2.24) is 9.13 Å². The molecule has 1 aromatic heterocycles. The second-order valence-corrected chi connectivity index (χ2v) is 7.62. The number of benzene rings is 2. The molecule has 0 bridgehead atoms. The Labute approximate surface area is 177 Å². The topological polar surface area (TPSA) is 53.2 Å². The van der Waals surface area contributed by atoms with Crippen LogP contribution in [0.25, 0.3) is 16.9 Å². The number of imidazole rings is 1. The summed E-state index contributed by atoms with van der Waals surface area (Å²) < 4.78 is 8.28. The zero-order valence-electron chi connectivity index (χ0n) is 17.8. The molecule has 0 aliphatic rings. The number of methoxy groups -OCH3 is 1. The molecule has 2 aromatic carbocycles. The Morgan fingerprint density at radius 3 is 2.27 bits per heavy atom. The lowest BCUT2D eigenvalue weighted by Gasteiger charge is -2.07. The van der Waals surface area contributed by atoms with Crippen LogP contribution in [0.3, 0.4) is 0 Å². The highest BCUT2D eigenvalue weighted by Crippen LogP contribution is 2.22. The van der Waals surface area contributed by atoms with Crippen molar-refractivity contribution in [1.29, 1.82) is 0 Å². The number of aryl methyl sites for hydroxylation is 2. The number of carbonyl (C=O) groups is 1. The second kappa shape index (κ2) is 10.6. The highest BCUT2D eigenvalue weighted by Gasteiger charge is 2.14. The molecule has 0 aliphatic carbocycles. The Morgan fingerprint density at radius 2 is 1.57 bits per heavy atom.